The molecule has 0 saturated heterocycles. The number of rotatable bonds is 1. The summed E-state index contributed by atoms with van der Waals surface area (Å²) in [5.41, 5.74) is 2.71. The summed E-state index contributed by atoms with van der Waals surface area (Å²) in [5, 5.41) is 1.05. The van der Waals surface area contributed by atoms with E-state index in [4.69, 9.17) is 4.42 Å². The average Bonchev–Trinajstić information content (AvgIpc) is 2.76. The molecule has 0 aliphatic carbocycles. The lowest BCUT2D eigenvalue weighted by atomic mass is 9.92. The van der Waals surface area contributed by atoms with Crippen molar-refractivity contribution >= 4 is 22.7 Å². The molecular weight excluding hydrogens is 240 g/mol. The van der Waals surface area contributed by atoms with Crippen LogP contribution in [0.1, 0.15) is 37.1 Å². The number of aliphatic imine (C=N–C) groups is 1. The van der Waals surface area contributed by atoms with Gasteiger partial charge in [0, 0.05) is 29.5 Å². The predicted octanol–water partition coefficient (Wildman–Crippen LogP) is 3.51. The van der Waals surface area contributed by atoms with Crippen LogP contribution < -0.4 is 0 Å². The lowest BCUT2D eigenvalue weighted by Crippen LogP contribution is -2.31. The zero-order valence-electron chi connectivity index (χ0n) is 11.3. The van der Waals surface area contributed by atoms with E-state index in [0.717, 1.165) is 23.3 Å². The van der Waals surface area contributed by atoms with Gasteiger partial charge in [-0.2, -0.15) is 4.99 Å². The Morgan fingerprint density at radius 3 is 2.95 bits per heavy atom. The topological polar surface area (TPSA) is 45.8 Å². The third-order valence-corrected chi connectivity index (χ3v) is 4.00. The molecule has 98 valence electrons. The summed E-state index contributed by atoms with van der Waals surface area (Å²) in [6, 6.07) is 5.87. The largest absolute Gasteiger partial charge is 0.460 e. The van der Waals surface area contributed by atoms with Gasteiger partial charge in [0.1, 0.15) is 11.3 Å². The van der Waals surface area contributed by atoms with Crippen LogP contribution in [0.5, 0.6) is 0 Å². The van der Waals surface area contributed by atoms with Crippen molar-refractivity contribution in [1.82, 2.24) is 4.90 Å². The summed E-state index contributed by atoms with van der Waals surface area (Å²) in [6.07, 6.45) is 1.58. The van der Waals surface area contributed by atoms with Gasteiger partial charge in [0.25, 0.3) is 0 Å². The molecule has 0 amide bonds. The van der Waals surface area contributed by atoms with Gasteiger partial charge in [0.15, 0.2) is 0 Å². The normalized spacial score (nSPS) is 23.1. The van der Waals surface area contributed by atoms with Gasteiger partial charge < -0.3 is 4.42 Å². The highest BCUT2D eigenvalue weighted by Gasteiger charge is 2.31. The second-order valence-corrected chi connectivity index (χ2v) is 5.28. The molecule has 19 heavy (non-hydrogen) atoms. The first-order valence-corrected chi connectivity index (χ1v) is 6.46. The van der Waals surface area contributed by atoms with Crippen molar-refractivity contribution in [1.29, 1.82) is 0 Å². The van der Waals surface area contributed by atoms with Crippen LogP contribution in [-0.2, 0) is 4.79 Å². The Morgan fingerprint density at radius 1 is 1.42 bits per heavy atom. The third-order valence-electron chi connectivity index (χ3n) is 4.00. The van der Waals surface area contributed by atoms with Gasteiger partial charge in [-0.05, 0) is 32.2 Å². The van der Waals surface area contributed by atoms with Crippen LogP contribution in [0, 0.1) is 0 Å². The summed E-state index contributed by atoms with van der Waals surface area (Å²) in [6.45, 7) is 5.34. The number of nitrogens with zero attached hydrogens (tertiary/aromatic N) is 2. The number of furan rings is 1. The minimum absolute atomic E-state index is 0.308. The molecule has 2 heterocycles. The van der Waals surface area contributed by atoms with Crippen molar-refractivity contribution in [3.05, 3.63) is 29.5 Å². The number of hydrogen-bond donors (Lipinski definition) is 0. The Morgan fingerprint density at radius 2 is 2.21 bits per heavy atom. The molecule has 0 radical (unpaired) electrons. The van der Waals surface area contributed by atoms with E-state index in [2.05, 4.69) is 30.8 Å². The van der Waals surface area contributed by atoms with Crippen molar-refractivity contribution in [3.8, 4) is 0 Å². The second-order valence-electron chi connectivity index (χ2n) is 5.28. The van der Waals surface area contributed by atoms with Gasteiger partial charge >= 0.3 is 0 Å². The SMILES string of the molecule is CC1CN(C)C(C)c2c1oc1ccc(N=C=O)cc21. The molecule has 1 aliphatic rings. The first-order valence-electron chi connectivity index (χ1n) is 6.46. The molecule has 2 unspecified atom stereocenters. The fourth-order valence-corrected chi connectivity index (χ4v) is 2.94. The van der Waals surface area contributed by atoms with E-state index >= 15 is 0 Å². The zero-order valence-corrected chi connectivity index (χ0v) is 11.3. The van der Waals surface area contributed by atoms with E-state index in [1.165, 1.54) is 5.56 Å². The molecule has 4 nitrogen and oxygen atoms in total. The Balaban J connectivity index is 2.28. The van der Waals surface area contributed by atoms with Crippen LogP contribution in [0.25, 0.3) is 11.0 Å². The number of isocyanates is 1. The molecule has 0 N–H and O–H groups in total. The standard InChI is InChI=1S/C15H16N2O2/c1-9-7-17(3)10(2)14-12-6-11(16-8-18)4-5-13(12)19-15(9)14/h4-6,9-10H,7H2,1-3H3. The van der Waals surface area contributed by atoms with Crippen molar-refractivity contribution in [2.45, 2.75) is 25.8 Å². The van der Waals surface area contributed by atoms with Crippen molar-refractivity contribution in [3.63, 3.8) is 0 Å². The number of likely N-dealkylation sites (N-methyl/N-ethyl adjacent to an activating group) is 1. The van der Waals surface area contributed by atoms with E-state index in [1.807, 2.05) is 12.1 Å². The molecular formula is C15H16N2O2. The first-order chi connectivity index (χ1) is 9.11. The Hall–Kier alpha value is -1.90. The number of benzene rings is 1. The van der Waals surface area contributed by atoms with Crippen LogP contribution in [0.3, 0.4) is 0 Å². The summed E-state index contributed by atoms with van der Waals surface area (Å²) >= 11 is 0. The van der Waals surface area contributed by atoms with E-state index in [1.54, 1.807) is 12.1 Å². The van der Waals surface area contributed by atoms with Crippen molar-refractivity contribution < 1.29 is 9.21 Å². The van der Waals surface area contributed by atoms with Gasteiger partial charge in [-0.25, -0.2) is 4.79 Å². The summed E-state index contributed by atoms with van der Waals surface area (Å²) in [4.78, 5) is 16.4. The number of fused-ring (bicyclic) bond motifs is 3. The van der Waals surface area contributed by atoms with Gasteiger partial charge in [-0.3, -0.25) is 4.90 Å². The monoisotopic (exact) mass is 256 g/mol. The summed E-state index contributed by atoms with van der Waals surface area (Å²) < 4.78 is 5.99. The maximum absolute atomic E-state index is 10.4. The van der Waals surface area contributed by atoms with Crippen LogP contribution in [0.4, 0.5) is 5.69 Å². The van der Waals surface area contributed by atoms with Gasteiger partial charge in [0.05, 0.1) is 5.69 Å². The fraction of sp³-hybridized carbons (Fsp3) is 0.400. The highest BCUT2D eigenvalue weighted by atomic mass is 16.3. The van der Waals surface area contributed by atoms with Gasteiger partial charge in [-0.15, -0.1) is 0 Å². The lowest BCUT2D eigenvalue weighted by Gasteiger charge is -2.32. The molecule has 2 aromatic rings. The second kappa shape index (κ2) is 4.34. The maximum Gasteiger partial charge on any atom is 0.240 e. The van der Waals surface area contributed by atoms with E-state index in [-0.39, 0.29) is 0 Å². The van der Waals surface area contributed by atoms with Crippen LogP contribution in [-0.4, -0.2) is 24.6 Å². The molecule has 1 aliphatic heterocycles. The molecule has 0 saturated carbocycles. The Labute approximate surface area is 111 Å². The highest BCUT2D eigenvalue weighted by Crippen LogP contribution is 2.42. The lowest BCUT2D eigenvalue weighted by molar-refractivity contribution is 0.215. The molecule has 0 bridgehead atoms. The number of carbonyl (C=O) groups excluding carboxylic acids is 1. The third kappa shape index (κ3) is 1.81. The predicted molar refractivity (Wildman–Crippen MR) is 73.5 cm³/mol. The quantitative estimate of drug-likeness (QED) is 0.579. The van der Waals surface area contributed by atoms with Crippen molar-refractivity contribution in [2.24, 2.45) is 4.99 Å². The molecule has 0 fully saturated rings. The average molecular weight is 256 g/mol. The zero-order chi connectivity index (χ0) is 13.6. The molecule has 2 atom stereocenters. The minimum Gasteiger partial charge on any atom is -0.460 e. The molecule has 3 rings (SSSR count). The Bertz CT molecular complexity index is 683. The van der Waals surface area contributed by atoms with Crippen molar-refractivity contribution in [2.75, 3.05) is 13.6 Å². The molecule has 0 spiro atoms. The van der Waals surface area contributed by atoms with Gasteiger partial charge in [0.2, 0.25) is 6.08 Å². The fourth-order valence-electron chi connectivity index (χ4n) is 2.94. The van der Waals surface area contributed by atoms with Crippen LogP contribution in [0.15, 0.2) is 27.6 Å². The molecule has 4 heteroatoms. The van der Waals surface area contributed by atoms with Crippen LogP contribution in [0.2, 0.25) is 0 Å². The van der Waals surface area contributed by atoms with E-state index < -0.39 is 0 Å². The molecule has 1 aromatic heterocycles. The smallest absolute Gasteiger partial charge is 0.240 e. The first kappa shape index (κ1) is 12.2. The summed E-state index contributed by atoms with van der Waals surface area (Å²) in [5.74, 6) is 1.44. The molecule has 1 aromatic carbocycles. The van der Waals surface area contributed by atoms with Crippen LogP contribution >= 0.6 is 0 Å². The Kier molecular flexibility index (Phi) is 2.77. The van der Waals surface area contributed by atoms with E-state index in [0.29, 0.717) is 17.6 Å². The van der Waals surface area contributed by atoms with Gasteiger partial charge in [-0.1, -0.05) is 6.92 Å². The number of hydrogen-bond acceptors (Lipinski definition) is 4. The highest BCUT2D eigenvalue weighted by molar-refractivity contribution is 5.86. The van der Waals surface area contributed by atoms with E-state index in [9.17, 15) is 4.79 Å². The minimum atomic E-state index is 0.308. The maximum atomic E-state index is 10.4. The summed E-state index contributed by atoms with van der Waals surface area (Å²) in [7, 11) is 2.12.